The third kappa shape index (κ3) is 7.11. The molecular formula is C26H25N3O13S3. The fourth-order valence-electron chi connectivity index (χ4n) is 4.54. The van der Waals surface area contributed by atoms with Crippen LogP contribution >= 0.6 is 11.8 Å². The van der Waals surface area contributed by atoms with Crippen molar-refractivity contribution in [3.05, 3.63) is 77.0 Å². The first-order valence-electron chi connectivity index (χ1n) is 12.8. The molecule has 3 amide bonds. The van der Waals surface area contributed by atoms with Gasteiger partial charge in [-0.3, -0.25) is 19.0 Å². The Hall–Kier alpha value is -4.46. The van der Waals surface area contributed by atoms with Crippen LogP contribution in [-0.2, 0) is 44.0 Å². The quantitative estimate of drug-likeness (QED) is 0.144. The zero-order chi connectivity index (χ0) is 33.1. The Morgan fingerprint density at radius 2 is 1.67 bits per heavy atom. The van der Waals surface area contributed by atoms with Crippen molar-refractivity contribution in [2.24, 2.45) is 0 Å². The second-order valence-corrected chi connectivity index (χ2v) is 13.6. The highest BCUT2D eigenvalue weighted by Crippen LogP contribution is 2.41. The summed E-state index contributed by atoms with van der Waals surface area (Å²) in [6.45, 7) is 0.675. The number of hydrogen-bond acceptors (Lipinski definition) is 12. The Balaban J connectivity index is 1.50. The number of carboxylic acid groups (broad SMARTS) is 1. The van der Waals surface area contributed by atoms with Gasteiger partial charge in [0.05, 0.1) is 12.2 Å². The van der Waals surface area contributed by atoms with E-state index in [-0.39, 0.29) is 23.5 Å². The molecule has 0 bridgehead atoms. The minimum atomic E-state index is -4.95. The van der Waals surface area contributed by atoms with Crippen LogP contribution in [0.5, 0.6) is 0 Å². The van der Waals surface area contributed by atoms with E-state index in [1.54, 1.807) is 10.8 Å². The van der Waals surface area contributed by atoms with E-state index in [4.69, 9.17) is 4.74 Å². The molecule has 16 nitrogen and oxygen atoms in total. The number of nitrogens with zero attached hydrogens (tertiary/aromatic N) is 1. The summed E-state index contributed by atoms with van der Waals surface area (Å²) in [6.07, 6.45) is -1.27. The minimum absolute atomic E-state index is 0.0275. The van der Waals surface area contributed by atoms with Gasteiger partial charge in [0.1, 0.15) is 28.6 Å². The zero-order valence-corrected chi connectivity index (χ0v) is 25.6. The van der Waals surface area contributed by atoms with E-state index < -0.39 is 89.4 Å². The molecule has 45 heavy (non-hydrogen) atoms. The van der Waals surface area contributed by atoms with Crippen molar-refractivity contribution in [2.45, 2.75) is 28.5 Å². The number of carbonyl (C=O) groups is 5. The number of thioether (sulfide) groups is 1. The van der Waals surface area contributed by atoms with Crippen LogP contribution in [0, 0.1) is 0 Å². The van der Waals surface area contributed by atoms with Crippen LogP contribution in [0.3, 0.4) is 0 Å². The molecular weight excluding hydrogens is 658 g/mol. The predicted octanol–water partition coefficient (Wildman–Crippen LogP) is 0.646. The molecule has 0 saturated carbocycles. The van der Waals surface area contributed by atoms with Gasteiger partial charge in [-0.15, -0.1) is 11.8 Å². The first-order chi connectivity index (χ1) is 21.2. The number of fused-ring (bicyclic) bond motifs is 1. The van der Waals surface area contributed by atoms with Crippen LogP contribution < -0.4 is 10.0 Å². The number of carboxylic acids is 1. The lowest BCUT2D eigenvalue weighted by molar-refractivity contribution is -0.150. The van der Waals surface area contributed by atoms with Crippen molar-refractivity contribution < 1.29 is 59.9 Å². The second kappa shape index (κ2) is 13.3. The summed E-state index contributed by atoms with van der Waals surface area (Å²) in [5.74, 6) is -4.95. The average Bonchev–Trinajstić information content (AvgIpc) is 2.97. The highest BCUT2D eigenvalue weighted by atomic mass is 32.2. The zero-order valence-electron chi connectivity index (χ0n) is 23.1. The van der Waals surface area contributed by atoms with Gasteiger partial charge in [-0.2, -0.15) is 8.42 Å². The van der Waals surface area contributed by atoms with Gasteiger partial charge < -0.3 is 19.9 Å². The van der Waals surface area contributed by atoms with Gasteiger partial charge in [0, 0.05) is 11.3 Å². The van der Waals surface area contributed by atoms with E-state index in [0.29, 0.717) is 0 Å². The standard InChI is InChI=1S/C26H25N3O13S3/c1-2-41-26(35)28-44(36,37)17-11-7-6-10-16(17)25(34)42-12-15-13-43-23-18(22(31)29(23)19(15)24(32)33)27-21(30)20(45(38,39)40)14-8-4-3-5-9-14/h3-11,18,20,23H,2,12-13H2,1H3,(H,27,30)(H,28,35)(H,32,33)(H,38,39,40)/t18-,20?,23+/m1/s1. The fourth-order valence-corrected chi connectivity index (χ4v) is 7.79. The summed E-state index contributed by atoms with van der Waals surface area (Å²) in [6, 6.07) is 10.5. The summed E-state index contributed by atoms with van der Waals surface area (Å²) < 4.78 is 70.4. The largest absolute Gasteiger partial charge is 0.477 e. The van der Waals surface area contributed by atoms with Crippen molar-refractivity contribution in [1.29, 1.82) is 0 Å². The molecule has 1 fully saturated rings. The Kier molecular flexibility index (Phi) is 9.86. The highest BCUT2D eigenvalue weighted by molar-refractivity contribution is 8.00. The number of sulfonamides is 1. The van der Waals surface area contributed by atoms with Gasteiger partial charge in [-0.25, -0.2) is 27.5 Å². The van der Waals surface area contributed by atoms with Crippen molar-refractivity contribution in [3.63, 3.8) is 0 Å². The molecule has 2 aliphatic heterocycles. The van der Waals surface area contributed by atoms with Crippen molar-refractivity contribution in [1.82, 2.24) is 14.9 Å². The third-order valence-electron chi connectivity index (χ3n) is 6.45. The summed E-state index contributed by atoms with van der Waals surface area (Å²) >= 11 is 0.986. The molecule has 3 atom stereocenters. The molecule has 4 rings (SSSR count). The lowest BCUT2D eigenvalue weighted by Crippen LogP contribution is -2.71. The number of ether oxygens (including phenoxy) is 2. The van der Waals surface area contributed by atoms with E-state index >= 15 is 0 Å². The molecule has 1 unspecified atom stereocenters. The Morgan fingerprint density at radius 3 is 2.29 bits per heavy atom. The monoisotopic (exact) mass is 683 g/mol. The van der Waals surface area contributed by atoms with Crippen molar-refractivity contribution in [2.75, 3.05) is 19.0 Å². The number of esters is 1. The SMILES string of the molecule is CCOC(=O)NS(=O)(=O)c1ccccc1C(=O)OCC1=C(C(=O)O)N2C(=O)[C@@H](NC(=O)C(c3ccccc3)S(=O)(=O)O)[C@@H]2SC1. The number of hydrogen-bond donors (Lipinski definition) is 4. The molecule has 0 aromatic heterocycles. The van der Waals surface area contributed by atoms with Gasteiger partial charge in [0.15, 0.2) is 5.25 Å². The Labute approximate surface area is 260 Å². The normalized spacial score (nSPS) is 18.6. The Morgan fingerprint density at radius 1 is 1.02 bits per heavy atom. The maximum absolute atomic E-state index is 13.0. The number of β-lactam (4-membered cyclic amide) rings is 1. The molecule has 0 radical (unpaired) electrons. The fraction of sp³-hybridized carbons (Fsp3) is 0.269. The van der Waals surface area contributed by atoms with E-state index in [0.717, 1.165) is 28.8 Å². The van der Waals surface area contributed by atoms with Crippen molar-refractivity contribution in [3.8, 4) is 0 Å². The van der Waals surface area contributed by atoms with E-state index in [1.807, 2.05) is 0 Å². The maximum Gasteiger partial charge on any atom is 0.421 e. The molecule has 240 valence electrons. The first-order valence-corrected chi connectivity index (χ1v) is 16.9. The molecule has 2 heterocycles. The van der Waals surface area contributed by atoms with Crippen LogP contribution in [0.2, 0.25) is 0 Å². The summed E-state index contributed by atoms with van der Waals surface area (Å²) in [7, 11) is -9.51. The summed E-state index contributed by atoms with van der Waals surface area (Å²) in [5.41, 5.74) is -1.09. The molecule has 19 heteroatoms. The smallest absolute Gasteiger partial charge is 0.421 e. The van der Waals surface area contributed by atoms with E-state index in [2.05, 4.69) is 10.1 Å². The number of amides is 3. The van der Waals surface area contributed by atoms with Crippen LogP contribution in [-0.4, -0.2) is 91.6 Å². The third-order valence-corrected chi connectivity index (χ3v) is 10.2. The molecule has 4 N–H and O–H groups in total. The molecule has 0 spiro atoms. The lowest BCUT2D eigenvalue weighted by atomic mass is 10.0. The number of carbonyl (C=O) groups excluding carboxylic acids is 4. The van der Waals surface area contributed by atoms with Gasteiger partial charge >= 0.3 is 18.0 Å². The molecule has 1 saturated heterocycles. The van der Waals surface area contributed by atoms with Crippen molar-refractivity contribution >= 4 is 61.7 Å². The van der Waals surface area contributed by atoms with E-state index in [9.17, 15) is 50.5 Å². The topological polar surface area (TPSA) is 240 Å². The highest BCUT2D eigenvalue weighted by Gasteiger charge is 2.55. The predicted molar refractivity (Wildman–Crippen MR) is 154 cm³/mol. The second-order valence-electron chi connectivity index (χ2n) is 9.36. The summed E-state index contributed by atoms with van der Waals surface area (Å²) in [4.78, 5) is 62.9. The number of benzene rings is 2. The van der Waals surface area contributed by atoms with Crippen LogP contribution in [0.15, 0.2) is 70.8 Å². The van der Waals surface area contributed by atoms with E-state index in [1.165, 1.54) is 43.3 Å². The molecule has 0 aliphatic carbocycles. The van der Waals surface area contributed by atoms with Crippen LogP contribution in [0.1, 0.15) is 28.1 Å². The van der Waals surface area contributed by atoms with Gasteiger partial charge in [-0.1, -0.05) is 42.5 Å². The molecule has 2 aliphatic rings. The van der Waals surface area contributed by atoms with Gasteiger partial charge in [-0.05, 0) is 24.6 Å². The Bertz CT molecular complexity index is 1790. The molecule has 2 aromatic rings. The van der Waals surface area contributed by atoms with Crippen LogP contribution in [0.4, 0.5) is 4.79 Å². The average molecular weight is 684 g/mol. The first kappa shape index (κ1) is 33.4. The van der Waals surface area contributed by atoms with Gasteiger partial charge in [0.25, 0.3) is 26.0 Å². The van der Waals surface area contributed by atoms with Gasteiger partial charge in [0.2, 0.25) is 5.91 Å². The molecule has 2 aromatic carbocycles. The number of rotatable bonds is 11. The maximum atomic E-state index is 13.0. The van der Waals surface area contributed by atoms with Crippen LogP contribution in [0.25, 0.3) is 0 Å². The lowest BCUT2D eigenvalue weighted by Gasteiger charge is -2.49. The summed E-state index contributed by atoms with van der Waals surface area (Å²) in [5, 5.41) is 9.15. The minimum Gasteiger partial charge on any atom is -0.477 e. The number of nitrogens with one attached hydrogen (secondary N) is 2. The number of aliphatic carboxylic acids is 1.